The van der Waals surface area contributed by atoms with E-state index in [2.05, 4.69) is 15.3 Å². The summed E-state index contributed by atoms with van der Waals surface area (Å²) in [6, 6.07) is 4.80. The van der Waals surface area contributed by atoms with Crippen molar-refractivity contribution in [3.05, 3.63) is 46.1 Å². The van der Waals surface area contributed by atoms with Crippen LogP contribution in [0, 0.1) is 24.1 Å². The number of nitrogens with zero attached hydrogens (tertiary/aromatic N) is 3. The molecule has 0 amide bonds. The molecule has 0 radical (unpaired) electrons. The molecule has 0 saturated carbocycles. The third-order valence-corrected chi connectivity index (χ3v) is 4.06. The SMILES string of the molecule is CCOC(Cc1c(Cl)ncnc1Nc1ccc(F)c(C)c1C#N)OCC. The van der Waals surface area contributed by atoms with Crippen LogP contribution in [-0.2, 0) is 15.9 Å². The van der Waals surface area contributed by atoms with Crippen LogP contribution in [0.2, 0.25) is 5.15 Å². The van der Waals surface area contributed by atoms with Crippen molar-refractivity contribution < 1.29 is 13.9 Å². The van der Waals surface area contributed by atoms with Crippen LogP contribution in [0.25, 0.3) is 0 Å². The lowest BCUT2D eigenvalue weighted by molar-refractivity contribution is -0.134. The van der Waals surface area contributed by atoms with Crippen molar-refractivity contribution in [2.45, 2.75) is 33.5 Å². The maximum atomic E-state index is 13.7. The van der Waals surface area contributed by atoms with E-state index in [0.29, 0.717) is 36.7 Å². The van der Waals surface area contributed by atoms with Gasteiger partial charge in [0, 0.05) is 30.8 Å². The van der Waals surface area contributed by atoms with E-state index in [1.54, 1.807) is 6.92 Å². The van der Waals surface area contributed by atoms with Gasteiger partial charge in [-0.15, -0.1) is 0 Å². The van der Waals surface area contributed by atoms with Crippen molar-refractivity contribution in [1.29, 1.82) is 5.26 Å². The van der Waals surface area contributed by atoms with Crippen LogP contribution in [0.15, 0.2) is 18.5 Å². The fourth-order valence-electron chi connectivity index (χ4n) is 2.45. The molecule has 1 aromatic carbocycles. The Balaban J connectivity index is 2.38. The summed E-state index contributed by atoms with van der Waals surface area (Å²) >= 11 is 6.24. The minimum Gasteiger partial charge on any atom is -0.353 e. The van der Waals surface area contributed by atoms with Crippen LogP contribution in [0.3, 0.4) is 0 Å². The quantitative estimate of drug-likeness (QED) is 0.549. The molecule has 0 aliphatic carbocycles. The molecule has 2 rings (SSSR count). The number of aromatic nitrogens is 2. The molecule has 1 N–H and O–H groups in total. The van der Waals surface area contributed by atoms with Gasteiger partial charge in [0.1, 0.15) is 29.2 Å². The maximum absolute atomic E-state index is 13.7. The summed E-state index contributed by atoms with van der Waals surface area (Å²) < 4.78 is 24.8. The van der Waals surface area contributed by atoms with Gasteiger partial charge < -0.3 is 14.8 Å². The number of halogens is 2. The van der Waals surface area contributed by atoms with E-state index in [4.69, 9.17) is 21.1 Å². The average Bonchev–Trinajstić information content (AvgIpc) is 2.61. The van der Waals surface area contributed by atoms with Crippen LogP contribution < -0.4 is 5.32 Å². The lowest BCUT2D eigenvalue weighted by Crippen LogP contribution is -2.21. The van der Waals surface area contributed by atoms with E-state index >= 15 is 0 Å². The summed E-state index contributed by atoms with van der Waals surface area (Å²) in [6.07, 6.45) is 1.14. The van der Waals surface area contributed by atoms with E-state index in [1.807, 2.05) is 19.9 Å². The lowest BCUT2D eigenvalue weighted by atomic mass is 10.1. The zero-order chi connectivity index (χ0) is 19.1. The number of anilines is 2. The molecule has 0 aliphatic heterocycles. The molecular weight excluding hydrogens is 359 g/mol. The van der Waals surface area contributed by atoms with Crippen molar-refractivity contribution in [2.75, 3.05) is 18.5 Å². The molecule has 0 bridgehead atoms. The minimum atomic E-state index is -0.501. The standard InChI is InChI=1S/C18H20ClFN4O2/c1-4-25-16(26-5-2)8-12-17(19)22-10-23-18(12)24-15-7-6-14(20)11(3)13(15)9-21/h6-7,10,16H,4-5,8H2,1-3H3,(H,22,23,24). The van der Waals surface area contributed by atoms with Crippen molar-refractivity contribution >= 4 is 23.1 Å². The Morgan fingerprint density at radius 1 is 1.27 bits per heavy atom. The molecule has 1 aromatic heterocycles. The predicted molar refractivity (Wildman–Crippen MR) is 96.9 cm³/mol. The van der Waals surface area contributed by atoms with Crippen molar-refractivity contribution in [2.24, 2.45) is 0 Å². The second-order valence-electron chi connectivity index (χ2n) is 5.37. The Morgan fingerprint density at radius 2 is 1.96 bits per heavy atom. The average molecular weight is 379 g/mol. The van der Waals surface area contributed by atoms with Gasteiger partial charge in [-0.3, -0.25) is 0 Å². The third kappa shape index (κ3) is 4.67. The molecule has 2 aromatic rings. The molecule has 26 heavy (non-hydrogen) atoms. The first-order valence-corrected chi connectivity index (χ1v) is 8.58. The molecule has 0 fully saturated rings. The van der Waals surface area contributed by atoms with Gasteiger partial charge in [0.25, 0.3) is 0 Å². The molecule has 0 aliphatic rings. The predicted octanol–water partition coefficient (Wildman–Crippen LogP) is 4.13. The Morgan fingerprint density at radius 3 is 2.58 bits per heavy atom. The highest BCUT2D eigenvalue weighted by Crippen LogP contribution is 2.29. The van der Waals surface area contributed by atoms with E-state index < -0.39 is 12.1 Å². The lowest BCUT2D eigenvalue weighted by Gasteiger charge is -2.19. The van der Waals surface area contributed by atoms with Gasteiger partial charge in [-0.25, -0.2) is 14.4 Å². The van der Waals surface area contributed by atoms with Crippen LogP contribution >= 0.6 is 11.6 Å². The topological polar surface area (TPSA) is 80.1 Å². The molecule has 6 nitrogen and oxygen atoms in total. The van der Waals surface area contributed by atoms with Crippen molar-refractivity contribution in [1.82, 2.24) is 9.97 Å². The van der Waals surface area contributed by atoms with E-state index in [1.165, 1.54) is 18.5 Å². The first kappa shape index (κ1) is 20.0. The van der Waals surface area contributed by atoms with Gasteiger partial charge in [0.15, 0.2) is 6.29 Å². The van der Waals surface area contributed by atoms with E-state index in [9.17, 15) is 9.65 Å². The van der Waals surface area contributed by atoms with Crippen LogP contribution in [-0.4, -0.2) is 29.5 Å². The van der Waals surface area contributed by atoms with Crippen LogP contribution in [0.4, 0.5) is 15.9 Å². The van der Waals surface area contributed by atoms with Gasteiger partial charge in [0.05, 0.1) is 11.3 Å². The normalized spacial score (nSPS) is 10.8. The number of ether oxygens (including phenoxy) is 2. The van der Waals surface area contributed by atoms with Crippen molar-refractivity contribution in [3.63, 3.8) is 0 Å². The summed E-state index contributed by atoms with van der Waals surface area (Å²) in [6.45, 7) is 6.25. The van der Waals surface area contributed by atoms with Crippen LogP contribution in [0.1, 0.15) is 30.5 Å². The van der Waals surface area contributed by atoms with Gasteiger partial charge in [0.2, 0.25) is 0 Å². The van der Waals surface area contributed by atoms with Gasteiger partial charge in [-0.2, -0.15) is 5.26 Å². The smallest absolute Gasteiger partial charge is 0.161 e. The fraction of sp³-hybridized carbons (Fsp3) is 0.389. The highest BCUT2D eigenvalue weighted by Gasteiger charge is 2.19. The van der Waals surface area contributed by atoms with Crippen LogP contribution in [0.5, 0.6) is 0 Å². The Kier molecular flexibility index (Phi) is 7.27. The summed E-state index contributed by atoms with van der Waals surface area (Å²) in [5, 5.41) is 12.7. The number of nitriles is 1. The second-order valence-corrected chi connectivity index (χ2v) is 5.73. The molecule has 0 saturated heterocycles. The number of hydrogen-bond donors (Lipinski definition) is 1. The fourth-order valence-corrected chi connectivity index (χ4v) is 2.66. The summed E-state index contributed by atoms with van der Waals surface area (Å²) in [5.74, 6) is -0.0299. The highest BCUT2D eigenvalue weighted by molar-refractivity contribution is 6.30. The monoisotopic (exact) mass is 378 g/mol. The number of rotatable bonds is 8. The van der Waals surface area contributed by atoms with Crippen molar-refractivity contribution in [3.8, 4) is 6.07 Å². The first-order valence-electron chi connectivity index (χ1n) is 8.20. The van der Waals surface area contributed by atoms with Gasteiger partial charge >= 0.3 is 0 Å². The molecule has 0 spiro atoms. The number of hydrogen-bond acceptors (Lipinski definition) is 6. The molecule has 0 atom stereocenters. The number of benzene rings is 1. The van der Waals surface area contributed by atoms with E-state index in [-0.39, 0.29) is 16.3 Å². The molecule has 0 unspecified atom stereocenters. The molecular formula is C18H20ClFN4O2. The molecule has 138 valence electrons. The summed E-state index contributed by atoms with van der Waals surface area (Å²) in [4.78, 5) is 8.22. The third-order valence-electron chi connectivity index (χ3n) is 3.73. The largest absolute Gasteiger partial charge is 0.353 e. The van der Waals surface area contributed by atoms with Gasteiger partial charge in [-0.1, -0.05) is 11.6 Å². The first-order chi connectivity index (χ1) is 12.5. The molecule has 1 heterocycles. The highest BCUT2D eigenvalue weighted by atomic mass is 35.5. The maximum Gasteiger partial charge on any atom is 0.161 e. The van der Waals surface area contributed by atoms with E-state index in [0.717, 1.165) is 0 Å². The number of nitrogens with one attached hydrogen (secondary N) is 1. The Hall–Kier alpha value is -2.27. The van der Waals surface area contributed by atoms with Gasteiger partial charge in [-0.05, 0) is 32.9 Å². The zero-order valence-electron chi connectivity index (χ0n) is 14.8. The summed E-state index contributed by atoms with van der Waals surface area (Å²) in [5.41, 5.74) is 1.50. The Labute approximate surface area is 156 Å². The molecule has 8 heteroatoms. The summed E-state index contributed by atoms with van der Waals surface area (Å²) in [7, 11) is 0. The minimum absolute atomic E-state index is 0.205. The second kappa shape index (κ2) is 9.43. The Bertz CT molecular complexity index is 805. The zero-order valence-corrected chi connectivity index (χ0v) is 15.6.